The Morgan fingerprint density at radius 1 is 1.00 bits per heavy atom. The first-order chi connectivity index (χ1) is 16.8. The zero-order valence-corrected chi connectivity index (χ0v) is 17.9. The maximum atomic E-state index is 14.5. The monoisotopic (exact) mass is 480 g/mol. The highest BCUT2D eigenvalue weighted by atomic mass is 19.4. The van der Waals surface area contributed by atoms with Crippen LogP contribution in [0.3, 0.4) is 0 Å². The lowest BCUT2D eigenvalue weighted by Crippen LogP contribution is -2.34. The molecule has 0 atom stereocenters. The number of carbonyl (C=O) groups is 1. The Hall–Kier alpha value is -4.41. The van der Waals surface area contributed by atoms with E-state index >= 15 is 0 Å². The minimum Gasteiger partial charge on any atom is -0.343 e. The molecule has 0 spiro atoms. The summed E-state index contributed by atoms with van der Waals surface area (Å²) in [5.41, 5.74) is 3.10. The summed E-state index contributed by atoms with van der Waals surface area (Å²) >= 11 is 0. The van der Waals surface area contributed by atoms with Gasteiger partial charge in [0, 0.05) is 17.1 Å². The molecule has 2 aromatic carbocycles. The molecule has 0 radical (unpaired) electrons. The molecule has 3 aromatic heterocycles. The van der Waals surface area contributed by atoms with E-state index in [-0.39, 0.29) is 0 Å². The van der Waals surface area contributed by atoms with Gasteiger partial charge in [-0.15, -0.1) is 5.10 Å². The number of hydrogen-bond donors (Lipinski definition) is 1. The molecular formula is C24H16F4N6O. The van der Waals surface area contributed by atoms with Gasteiger partial charge >= 0.3 is 6.18 Å². The van der Waals surface area contributed by atoms with Crippen molar-refractivity contribution in [3.05, 3.63) is 83.8 Å². The molecule has 0 saturated carbocycles. The van der Waals surface area contributed by atoms with Crippen LogP contribution in [0.2, 0.25) is 0 Å². The summed E-state index contributed by atoms with van der Waals surface area (Å²) in [6.45, 7) is -1.15. The third-order valence-corrected chi connectivity index (χ3v) is 5.32. The minimum absolute atomic E-state index is 0.348. The number of hydrogen-bond acceptors (Lipinski definition) is 5. The van der Waals surface area contributed by atoms with E-state index in [2.05, 4.69) is 20.3 Å². The lowest BCUT2D eigenvalue weighted by molar-refractivity contribution is -0.123. The summed E-state index contributed by atoms with van der Waals surface area (Å²) < 4.78 is 53.1. The van der Waals surface area contributed by atoms with Crippen LogP contribution in [-0.4, -0.2) is 43.6 Å². The zero-order valence-electron chi connectivity index (χ0n) is 17.9. The average Bonchev–Trinajstić information content (AvgIpc) is 3.24. The summed E-state index contributed by atoms with van der Waals surface area (Å²) in [4.78, 5) is 20.8. The fraction of sp³-hybridized carbons (Fsp3) is 0.125. The van der Waals surface area contributed by atoms with Crippen molar-refractivity contribution in [3.8, 4) is 11.3 Å². The Balaban J connectivity index is 1.42. The fourth-order valence-corrected chi connectivity index (χ4v) is 3.65. The number of rotatable bonds is 5. The molecule has 0 fully saturated rings. The number of nitrogens with zero attached hydrogens (tertiary/aromatic N) is 5. The first kappa shape index (κ1) is 22.4. The second kappa shape index (κ2) is 8.75. The molecule has 5 rings (SSSR count). The summed E-state index contributed by atoms with van der Waals surface area (Å²) in [5.74, 6) is -2.11. The van der Waals surface area contributed by atoms with Gasteiger partial charge in [0.05, 0.1) is 23.3 Å². The molecule has 35 heavy (non-hydrogen) atoms. The third-order valence-electron chi connectivity index (χ3n) is 5.32. The number of benzene rings is 2. The van der Waals surface area contributed by atoms with Crippen molar-refractivity contribution in [1.29, 1.82) is 0 Å². The predicted molar refractivity (Wildman–Crippen MR) is 120 cm³/mol. The highest BCUT2D eigenvalue weighted by Crippen LogP contribution is 2.23. The van der Waals surface area contributed by atoms with E-state index in [0.717, 1.165) is 28.6 Å². The van der Waals surface area contributed by atoms with E-state index in [4.69, 9.17) is 0 Å². The summed E-state index contributed by atoms with van der Waals surface area (Å²) in [5, 5.41) is 10.9. The molecule has 176 valence electrons. The van der Waals surface area contributed by atoms with E-state index in [1.54, 1.807) is 28.3 Å². The standard InChI is InChI=1S/C24H16F4N6O/c25-18-11-16(4-5-17(18)23(35)30-13-24(26,27)28)20-7-8-21-22(31-20)34(33-32-21)12-14-3-6-19-15(10-14)2-1-9-29-19/h1-11H,12-13H2,(H,30,35). The first-order valence-electron chi connectivity index (χ1n) is 10.5. The van der Waals surface area contributed by atoms with Crippen molar-refractivity contribution < 1.29 is 22.4 Å². The summed E-state index contributed by atoms with van der Waals surface area (Å²) in [6, 6.07) is 16.6. The van der Waals surface area contributed by atoms with Crippen LogP contribution < -0.4 is 5.32 Å². The molecule has 0 aliphatic rings. The number of amides is 1. The van der Waals surface area contributed by atoms with Gasteiger partial charge in [-0.3, -0.25) is 9.78 Å². The van der Waals surface area contributed by atoms with Gasteiger partial charge < -0.3 is 5.32 Å². The van der Waals surface area contributed by atoms with Gasteiger partial charge in [0.1, 0.15) is 17.9 Å². The number of fused-ring (bicyclic) bond motifs is 2. The zero-order chi connectivity index (χ0) is 24.6. The first-order valence-corrected chi connectivity index (χ1v) is 10.5. The second-order valence-electron chi connectivity index (χ2n) is 7.81. The van der Waals surface area contributed by atoms with Crippen molar-refractivity contribution in [2.45, 2.75) is 12.7 Å². The Labute approximate surface area is 195 Å². The smallest absolute Gasteiger partial charge is 0.343 e. The van der Waals surface area contributed by atoms with E-state index in [1.807, 2.05) is 30.3 Å². The lowest BCUT2D eigenvalue weighted by Gasteiger charge is -2.10. The number of aromatic nitrogens is 5. The number of pyridine rings is 2. The van der Waals surface area contributed by atoms with E-state index in [9.17, 15) is 22.4 Å². The van der Waals surface area contributed by atoms with Gasteiger partial charge in [-0.25, -0.2) is 14.1 Å². The highest BCUT2D eigenvalue weighted by Gasteiger charge is 2.28. The third kappa shape index (κ3) is 4.79. The molecule has 0 unspecified atom stereocenters. The van der Waals surface area contributed by atoms with Crippen LogP contribution in [-0.2, 0) is 6.54 Å². The number of alkyl halides is 3. The van der Waals surface area contributed by atoms with Crippen molar-refractivity contribution in [2.75, 3.05) is 6.54 Å². The van der Waals surface area contributed by atoms with Crippen LogP contribution in [0.25, 0.3) is 33.3 Å². The normalized spacial score (nSPS) is 11.8. The predicted octanol–water partition coefficient (Wildman–Crippen LogP) is 4.52. The molecule has 3 heterocycles. The average molecular weight is 480 g/mol. The number of nitrogens with one attached hydrogen (secondary N) is 1. The molecule has 5 aromatic rings. The molecule has 1 N–H and O–H groups in total. The Morgan fingerprint density at radius 2 is 1.83 bits per heavy atom. The van der Waals surface area contributed by atoms with E-state index in [1.165, 1.54) is 6.07 Å². The van der Waals surface area contributed by atoms with E-state index < -0.39 is 30.0 Å². The topological polar surface area (TPSA) is 85.6 Å². The van der Waals surface area contributed by atoms with Gasteiger partial charge in [-0.2, -0.15) is 13.2 Å². The Bertz CT molecular complexity index is 1560. The summed E-state index contributed by atoms with van der Waals surface area (Å²) in [7, 11) is 0. The van der Waals surface area contributed by atoms with Crippen LogP contribution in [0, 0.1) is 5.82 Å². The van der Waals surface area contributed by atoms with Crippen molar-refractivity contribution in [2.24, 2.45) is 0 Å². The summed E-state index contributed by atoms with van der Waals surface area (Å²) in [6.07, 6.45) is -2.87. The van der Waals surface area contributed by atoms with Crippen LogP contribution in [0.15, 0.2) is 66.9 Å². The molecule has 0 bridgehead atoms. The fourth-order valence-electron chi connectivity index (χ4n) is 3.65. The van der Waals surface area contributed by atoms with Crippen molar-refractivity contribution in [1.82, 2.24) is 30.3 Å². The molecule has 0 aliphatic carbocycles. The van der Waals surface area contributed by atoms with Gasteiger partial charge in [0.2, 0.25) is 0 Å². The van der Waals surface area contributed by atoms with Crippen LogP contribution >= 0.6 is 0 Å². The Kier molecular flexibility index (Phi) is 5.59. The molecule has 11 heteroatoms. The van der Waals surface area contributed by atoms with Gasteiger partial charge in [-0.1, -0.05) is 23.4 Å². The van der Waals surface area contributed by atoms with Crippen molar-refractivity contribution in [3.63, 3.8) is 0 Å². The molecule has 1 amide bonds. The van der Waals surface area contributed by atoms with Gasteiger partial charge in [-0.05, 0) is 48.0 Å². The minimum atomic E-state index is -4.59. The van der Waals surface area contributed by atoms with Crippen LogP contribution in [0.5, 0.6) is 0 Å². The van der Waals surface area contributed by atoms with E-state index in [0.29, 0.717) is 29.0 Å². The highest BCUT2D eigenvalue weighted by molar-refractivity contribution is 5.95. The Morgan fingerprint density at radius 3 is 2.63 bits per heavy atom. The maximum Gasteiger partial charge on any atom is 0.405 e. The lowest BCUT2D eigenvalue weighted by atomic mass is 10.1. The largest absolute Gasteiger partial charge is 0.405 e. The number of halogens is 4. The van der Waals surface area contributed by atoms with Gasteiger partial charge in [0.25, 0.3) is 5.91 Å². The molecule has 7 nitrogen and oxygen atoms in total. The molecule has 0 saturated heterocycles. The van der Waals surface area contributed by atoms with Crippen LogP contribution in [0.1, 0.15) is 15.9 Å². The molecule has 0 aliphatic heterocycles. The maximum absolute atomic E-state index is 14.5. The van der Waals surface area contributed by atoms with Gasteiger partial charge in [0.15, 0.2) is 5.65 Å². The molecular weight excluding hydrogens is 464 g/mol. The second-order valence-corrected chi connectivity index (χ2v) is 7.81. The quantitative estimate of drug-likeness (QED) is 0.374. The van der Waals surface area contributed by atoms with Crippen molar-refractivity contribution >= 4 is 28.0 Å². The van der Waals surface area contributed by atoms with Crippen LogP contribution in [0.4, 0.5) is 17.6 Å². The number of carbonyl (C=O) groups excluding carboxylic acids is 1. The SMILES string of the molecule is O=C(NCC(F)(F)F)c1ccc(-c2ccc3nnn(Cc4ccc5ncccc5c4)c3n2)cc1F.